The Morgan fingerprint density at radius 1 is 0.422 bits per heavy atom. The van der Waals surface area contributed by atoms with Gasteiger partial charge in [-0.25, -0.2) is 0 Å². The molecule has 0 spiro atoms. The quantitative estimate of drug-likeness (QED) is 0.0321. The van der Waals surface area contributed by atoms with E-state index in [1.54, 1.807) is 0 Å². The normalized spacial score (nSPS) is 12.8. The predicted molar refractivity (Wildman–Crippen MR) is 278 cm³/mol. The van der Waals surface area contributed by atoms with E-state index < -0.39 is 12.1 Å². The van der Waals surface area contributed by atoms with Crippen molar-refractivity contribution in [1.29, 1.82) is 0 Å². The van der Waals surface area contributed by atoms with Crippen LogP contribution in [0.5, 0.6) is 0 Å². The van der Waals surface area contributed by atoms with E-state index >= 15 is 0 Å². The fourth-order valence-electron chi connectivity index (χ4n) is 8.81. The van der Waals surface area contributed by atoms with Crippen molar-refractivity contribution in [2.75, 3.05) is 13.2 Å². The van der Waals surface area contributed by atoms with Crippen molar-refractivity contribution in [3.63, 3.8) is 0 Å². The number of carbonyl (C=O) groups is 2. The lowest BCUT2D eigenvalue weighted by atomic mass is 10.0. The monoisotopic (exact) mass is 902 g/mol. The molecule has 0 aliphatic carbocycles. The Labute approximate surface area is 399 Å². The molecular formula is C58H111NO5. The molecule has 2 atom stereocenters. The summed E-state index contributed by atoms with van der Waals surface area (Å²) in [5, 5.41) is 23.2. The summed E-state index contributed by atoms with van der Waals surface area (Å²) in [5.74, 6) is -0.0418. The summed E-state index contributed by atoms with van der Waals surface area (Å²) < 4.78 is 5.46. The first-order valence-corrected chi connectivity index (χ1v) is 28.6. The second-order valence-corrected chi connectivity index (χ2v) is 19.6. The predicted octanol–water partition coefficient (Wildman–Crippen LogP) is 17.5. The van der Waals surface area contributed by atoms with Gasteiger partial charge in [-0.3, -0.25) is 9.59 Å². The van der Waals surface area contributed by atoms with Crippen molar-refractivity contribution < 1.29 is 24.5 Å². The molecule has 0 radical (unpaired) electrons. The first kappa shape index (κ1) is 62.3. The van der Waals surface area contributed by atoms with Crippen molar-refractivity contribution in [2.24, 2.45) is 0 Å². The number of aliphatic hydroxyl groups is 2. The number of amides is 1. The Balaban J connectivity index is 3.42. The van der Waals surface area contributed by atoms with Crippen LogP contribution in [0.2, 0.25) is 0 Å². The molecule has 1 amide bonds. The van der Waals surface area contributed by atoms with Gasteiger partial charge in [0.15, 0.2) is 0 Å². The summed E-state index contributed by atoms with van der Waals surface area (Å²) in [4.78, 5) is 24.4. The second kappa shape index (κ2) is 54.0. The van der Waals surface area contributed by atoms with E-state index in [0.717, 1.165) is 44.9 Å². The molecule has 6 heteroatoms. The van der Waals surface area contributed by atoms with E-state index in [1.165, 1.54) is 231 Å². The van der Waals surface area contributed by atoms with Crippen molar-refractivity contribution in [2.45, 2.75) is 321 Å². The molecule has 0 aliphatic rings. The topological polar surface area (TPSA) is 95.9 Å². The van der Waals surface area contributed by atoms with Gasteiger partial charge in [-0.15, -0.1) is 0 Å². The van der Waals surface area contributed by atoms with E-state index in [0.29, 0.717) is 25.9 Å². The molecule has 64 heavy (non-hydrogen) atoms. The van der Waals surface area contributed by atoms with Crippen LogP contribution in [-0.2, 0) is 14.3 Å². The van der Waals surface area contributed by atoms with Crippen LogP contribution in [0.15, 0.2) is 24.3 Å². The number of hydrogen-bond acceptors (Lipinski definition) is 5. The molecule has 6 nitrogen and oxygen atoms in total. The zero-order chi connectivity index (χ0) is 46.5. The average molecular weight is 903 g/mol. The van der Waals surface area contributed by atoms with Crippen LogP contribution in [0, 0.1) is 0 Å². The number of allylic oxidation sites excluding steroid dienone is 4. The number of nitrogens with one attached hydrogen (secondary N) is 1. The van der Waals surface area contributed by atoms with E-state index in [2.05, 4.69) is 43.5 Å². The van der Waals surface area contributed by atoms with Gasteiger partial charge in [-0.2, -0.15) is 0 Å². The van der Waals surface area contributed by atoms with E-state index in [-0.39, 0.29) is 18.5 Å². The van der Waals surface area contributed by atoms with Crippen LogP contribution in [0.1, 0.15) is 309 Å². The number of rotatable bonds is 53. The second-order valence-electron chi connectivity index (χ2n) is 19.6. The lowest BCUT2D eigenvalue weighted by Gasteiger charge is -2.22. The molecule has 0 saturated carbocycles. The van der Waals surface area contributed by atoms with Gasteiger partial charge in [-0.1, -0.05) is 244 Å². The Hall–Kier alpha value is -1.66. The van der Waals surface area contributed by atoms with Crippen LogP contribution in [0.4, 0.5) is 0 Å². The molecule has 0 aromatic carbocycles. The highest BCUT2D eigenvalue weighted by Gasteiger charge is 2.20. The largest absolute Gasteiger partial charge is 0.466 e. The molecule has 2 unspecified atom stereocenters. The molecule has 0 saturated heterocycles. The Bertz CT molecular complexity index is 997. The highest BCUT2D eigenvalue weighted by molar-refractivity contribution is 5.76. The number of carbonyl (C=O) groups excluding carboxylic acids is 2. The van der Waals surface area contributed by atoms with Crippen LogP contribution < -0.4 is 5.32 Å². The minimum absolute atomic E-state index is 0.000182. The molecule has 0 bridgehead atoms. The first-order valence-electron chi connectivity index (χ1n) is 28.6. The summed E-state index contributed by atoms with van der Waals surface area (Å²) in [6, 6.07) is -0.545. The molecular weight excluding hydrogens is 791 g/mol. The Morgan fingerprint density at radius 2 is 0.734 bits per heavy atom. The number of hydrogen-bond donors (Lipinski definition) is 3. The minimum atomic E-state index is -0.667. The van der Waals surface area contributed by atoms with Crippen LogP contribution in [0.25, 0.3) is 0 Å². The maximum Gasteiger partial charge on any atom is 0.305 e. The third-order valence-corrected chi connectivity index (χ3v) is 13.2. The van der Waals surface area contributed by atoms with Gasteiger partial charge in [-0.05, 0) is 77.0 Å². The fourth-order valence-corrected chi connectivity index (χ4v) is 8.81. The molecule has 0 heterocycles. The van der Waals surface area contributed by atoms with Gasteiger partial charge >= 0.3 is 5.97 Å². The highest BCUT2D eigenvalue weighted by Crippen LogP contribution is 2.17. The molecule has 0 aromatic heterocycles. The van der Waals surface area contributed by atoms with Crippen molar-refractivity contribution in [3.05, 3.63) is 24.3 Å². The number of ether oxygens (including phenoxy) is 1. The third-order valence-electron chi connectivity index (χ3n) is 13.2. The van der Waals surface area contributed by atoms with Gasteiger partial charge in [0, 0.05) is 12.8 Å². The van der Waals surface area contributed by atoms with Crippen LogP contribution in [0.3, 0.4) is 0 Å². The van der Waals surface area contributed by atoms with Gasteiger partial charge < -0.3 is 20.3 Å². The smallest absolute Gasteiger partial charge is 0.305 e. The first-order chi connectivity index (χ1) is 31.5. The van der Waals surface area contributed by atoms with E-state index in [1.807, 2.05) is 0 Å². The molecule has 0 fully saturated rings. The Morgan fingerprint density at radius 3 is 1.14 bits per heavy atom. The standard InChI is InChI=1S/C58H111NO5/c1-3-5-7-9-11-13-15-27-30-34-38-42-46-50-56(61)55(54-60)59-57(62)51-47-43-39-35-31-28-25-23-21-19-17-18-20-22-24-26-29-33-37-41-45-49-53-64-58(63)52-48-44-40-36-32-16-14-12-10-8-6-4-2/h12,14,19,21,55-56,60-61H,3-11,13,15-18,20,22-54H2,1-2H3,(H,59,62)/b14-12-,21-19-. The summed E-state index contributed by atoms with van der Waals surface area (Å²) >= 11 is 0. The summed E-state index contributed by atoms with van der Waals surface area (Å²) in [7, 11) is 0. The minimum Gasteiger partial charge on any atom is -0.466 e. The summed E-state index contributed by atoms with van der Waals surface area (Å²) in [6.45, 7) is 4.92. The molecule has 3 N–H and O–H groups in total. The van der Waals surface area contributed by atoms with Gasteiger partial charge in [0.05, 0.1) is 25.4 Å². The Kier molecular flexibility index (Phi) is 52.6. The number of aliphatic hydroxyl groups excluding tert-OH is 2. The number of esters is 1. The molecule has 0 rings (SSSR count). The molecule has 0 aromatic rings. The lowest BCUT2D eigenvalue weighted by molar-refractivity contribution is -0.143. The lowest BCUT2D eigenvalue weighted by Crippen LogP contribution is -2.45. The third kappa shape index (κ3) is 49.8. The summed E-state index contributed by atoms with van der Waals surface area (Å²) in [6.07, 6.45) is 64.5. The highest BCUT2D eigenvalue weighted by atomic mass is 16.5. The summed E-state index contributed by atoms with van der Waals surface area (Å²) in [5.41, 5.74) is 0. The van der Waals surface area contributed by atoms with Gasteiger partial charge in [0.2, 0.25) is 5.91 Å². The SMILES string of the molecule is CCCCC/C=C\CCCCCCCC(=O)OCCCCCCCCCCCCC/C=C\CCCCCCCCCC(=O)NC(CO)C(O)CCCCCCCCCCCCCCC. The van der Waals surface area contributed by atoms with Crippen LogP contribution >= 0.6 is 0 Å². The fraction of sp³-hybridized carbons (Fsp3) is 0.897. The van der Waals surface area contributed by atoms with Crippen molar-refractivity contribution >= 4 is 11.9 Å². The van der Waals surface area contributed by atoms with Crippen molar-refractivity contribution in [3.8, 4) is 0 Å². The average Bonchev–Trinajstić information content (AvgIpc) is 3.29. The van der Waals surface area contributed by atoms with Crippen molar-refractivity contribution in [1.82, 2.24) is 5.32 Å². The molecule has 378 valence electrons. The van der Waals surface area contributed by atoms with Gasteiger partial charge in [0.25, 0.3) is 0 Å². The molecule has 0 aliphatic heterocycles. The zero-order valence-corrected chi connectivity index (χ0v) is 43.0. The van der Waals surface area contributed by atoms with E-state index in [4.69, 9.17) is 4.74 Å². The van der Waals surface area contributed by atoms with Crippen LogP contribution in [-0.4, -0.2) is 47.4 Å². The van der Waals surface area contributed by atoms with E-state index in [9.17, 15) is 19.8 Å². The van der Waals surface area contributed by atoms with Gasteiger partial charge in [0.1, 0.15) is 0 Å². The zero-order valence-electron chi connectivity index (χ0n) is 43.0. The maximum absolute atomic E-state index is 12.4. The maximum atomic E-state index is 12.4. The number of unbranched alkanes of at least 4 members (excludes halogenated alkanes) is 38.